The Kier molecular flexibility index (Phi) is 7.85. The van der Waals surface area contributed by atoms with Crippen LogP contribution >= 0.6 is 0 Å². The number of ether oxygens (including phenoxy) is 1. The van der Waals surface area contributed by atoms with Crippen LogP contribution < -0.4 is 0 Å². The van der Waals surface area contributed by atoms with Crippen molar-refractivity contribution in [3.05, 3.63) is 35.4 Å². The molecule has 2 aliphatic rings. The first kappa shape index (κ1) is 21.7. The van der Waals surface area contributed by atoms with Crippen LogP contribution in [-0.4, -0.2) is 18.9 Å². The fraction of sp³-hybridized carbons (Fsp3) is 0.750. The average molecular weight is 397 g/mol. The molecule has 2 fully saturated rings. The van der Waals surface area contributed by atoms with Gasteiger partial charge in [0.1, 0.15) is 0 Å². The predicted octanol–water partition coefficient (Wildman–Crippen LogP) is 7.44. The monoisotopic (exact) mass is 396 g/mol. The first-order valence-electron chi connectivity index (χ1n) is 11.2. The third-order valence-electron chi connectivity index (χ3n) is 6.86. The van der Waals surface area contributed by atoms with Crippen LogP contribution in [0.4, 0.5) is 13.2 Å². The average Bonchev–Trinajstić information content (AvgIpc) is 2.68. The lowest BCUT2D eigenvalue weighted by molar-refractivity contribution is -0.127. The summed E-state index contributed by atoms with van der Waals surface area (Å²) in [6.45, 7) is 3.12. The number of rotatable bonds is 7. The van der Waals surface area contributed by atoms with Gasteiger partial charge < -0.3 is 4.74 Å². The lowest BCUT2D eigenvalue weighted by Gasteiger charge is -2.38. The summed E-state index contributed by atoms with van der Waals surface area (Å²) in [6, 6.07) is 7.17. The predicted molar refractivity (Wildman–Crippen MR) is 108 cm³/mol. The molecule has 0 bridgehead atoms. The summed E-state index contributed by atoms with van der Waals surface area (Å²) >= 11 is 0. The van der Waals surface area contributed by atoms with Crippen LogP contribution in [0.1, 0.15) is 88.2 Å². The van der Waals surface area contributed by atoms with Gasteiger partial charge in [-0.1, -0.05) is 37.6 Å². The van der Waals surface area contributed by atoms with Crippen molar-refractivity contribution in [2.45, 2.75) is 95.8 Å². The maximum Gasteiger partial charge on any atom is 0.393 e. The van der Waals surface area contributed by atoms with Crippen LogP contribution in [0.2, 0.25) is 0 Å². The number of alkyl halides is 3. The summed E-state index contributed by atoms with van der Waals surface area (Å²) in [5, 5.41) is 0. The molecule has 0 aliphatic heterocycles. The van der Waals surface area contributed by atoms with E-state index in [1.165, 1.54) is 69.8 Å². The Morgan fingerprint density at radius 3 is 1.96 bits per heavy atom. The molecule has 3 rings (SSSR count). The van der Waals surface area contributed by atoms with Gasteiger partial charge in [-0.2, -0.15) is 13.2 Å². The molecule has 4 heteroatoms. The maximum atomic E-state index is 12.5. The summed E-state index contributed by atoms with van der Waals surface area (Å²) in [4.78, 5) is 0. The molecule has 0 spiro atoms. The lowest BCUT2D eigenvalue weighted by atomic mass is 9.69. The van der Waals surface area contributed by atoms with E-state index in [9.17, 15) is 13.2 Å². The molecule has 0 N–H and O–H groups in total. The van der Waals surface area contributed by atoms with Crippen molar-refractivity contribution in [1.29, 1.82) is 0 Å². The molecule has 158 valence electrons. The van der Waals surface area contributed by atoms with Gasteiger partial charge in [-0.15, -0.1) is 0 Å². The van der Waals surface area contributed by atoms with Crippen LogP contribution in [0.3, 0.4) is 0 Å². The first-order chi connectivity index (χ1) is 13.4. The summed E-state index contributed by atoms with van der Waals surface area (Å²) in [6.07, 6.45) is 7.82. The van der Waals surface area contributed by atoms with E-state index in [4.69, 9.17) is 4.74 Å². The number of halogens is 3. The van der Waals surface area contributed by atoms with E-state index in [1.807, 2.05) is 12.1 Å². The Morgan fingerprint density at radius 1 is 0.857 bits per heavy atom. The molecular weight excluding hydrogens is 361 g/mol. The van der Waals surface area contributed by atoms with E-state index in [0.29, 0.717) is 17.6 Å². The highest BCUT2D eigenvalue weighted by Gasteiger charge is 2.32. The van der Waals surface area contributed by atoms with Gasteiger partial charge >= 0.3 is 6.18 Å². The van der Waals surface area contributed by atoms with E-state index < -0.39 is 12.6 Å². The van der Waals surface area contributed by atoms with Gasteiger partial charge in [0.05, 0.1) is 12.5 Å². The van der Waals surface area contributed by atoms with Gasteiger partial charge in [0.25, 0.3) is 0 Å². The number of hydrogen-bond acceptors (Lipinski definition) is 1. The second-order valence-electron chi connectivity index (χ2n) is 8.91. The van der Waals surface area contributed by atoms with Crippen molar-refractivity contribution < 1.29 is 17.9 Å². The Hall–Kier alpha value is -1.03. The van der Waals surface area contributed by atoms with Crippen molar-refractivity contribution in [3.8, 4) is 0 Å². The minimum atomic E-state index is -4.13. The van der Waals surface area contributed by atoms with Crippen LogP contribution in [0.15, 0.2) is 24.3 Å². The highest BCUT2D eigenvalue weighted by atomic mass is 19.4. The van der Waals surface area contributed by atoms with Crippen LogP contribution in [0.5, 0.6) is 0 Å². The summed E-state index contributed by atoms with van der Waals surface area (Å²) < 4.78 is 43.5. The van der Waals surface area contributed by atoms with E-state index in [-0.39, 0.29) is 0 Å². The fourth-order valence-electron chi connectivity index (χ4n) is 5.18. The quantitative estimate of drug-likeness (QED) is 0.435. The van der Waals surface area contributed by atoms with Gasteiger partial charge in [-0.25, -0.2) is 0 Å². The molecule has 0 amide bonds. The molecule has 0 radical (unpaired) electrons. The third kappa shape index (κ3) is 6.50. The molecule has 0 heterocycles. The van der Waals surface area contributed by atoms with Crippen LogP contribution in [0.25, 0.3) is 0 Å². The van der Waals surface area contributed by atoms with Crippen molar-refractivity contribution in [2.75, 3.05) is 6.61 Å². The fourth-order valence-corrected chi connectivity index (χ4v) is 5.18. The highest BCUT2D eigenvalue weighted by Crippen LogP contribution is 2.43. The summed E-state index contributed by atoms with van der Waals surface area (Å²) in [5.41, 5.74) is 1.58. The van der Waals surface area contributed by atoms with E-state index in [2.05, 4.69) is 6.92 Å². The topological polar surface area (TPSA) is 9.23 Å². The zero-order valence-corrected chi connectivity index (χ0v) is 17.1. The standard InChI is InChI=1S/C24H35F3O/c1-2-3-16-28-23-14-12-22(13-15-23)21-10-8-20(9-11-21)19-6-4-18(5-7-19)17-24(25,26)27/h4-7,20-23H,2-3,8-17H2,1H3. The molecule has 28 heavy (non-hydrogen) atoms. The molecule has 0 aromatic heterocycles. The molecule has 0 saturated heterocycles. The molecule has 1 aromatic rings. The molecule has 0 atom stereocenters. The minimum Gasteiger partial charge on any atom is -0.378 e. The number of benzene rings is 1. The van der Waals surface area contributed by atoms with Crippen molar-refractivity contribution in [2.24, 2.45) is 11.8 Å². The van der Waals surface area contributed by atoms with Gasteiger partial charge in [0.2, 0.25) is 0 Å². The van der Waals surface area contributed by atoms with E-state index >= 15 is 0 Å². The lowest BCUT2D eigenvalue weighted by Crippen LogP contribution is -2.28. The minimum absolute atomic E-state index is 0.364. The highest BCUT2D eigenvalue weighted by molar-refractivity contribution is 5.26. The Labute approximate surface area is 168 Å². The largest absolute Gasteiger partial charge is 0.393 e. The SMILES string of the molecule is CCCCOC1CCC(C2CCC(c3ccc(CC(F)(F)F)cc3)CC2)CC1. The Morgan fingerprint density at radius 2 is 1.43 bits per heavy atom. The van der Waals surface area contributed by atoms with Crippen molar-refractivity contribution in [1.82, 2.24) is 0 Å². The molecular formula is C24H35F3O. The molecule has 1 nitrogen and oxygen atoms in total. The zero-order chi connectivity index (χ0) is 20.0. The zero-order valence-electron chi connectivity index (χ0n) is 17.1. The normalized spacial score (nSPS) is 29.0. The maximum absolute atomic E-state index is 12.5. The summed E-state index contributed by atoms with van der Waals surface area (Å²) in [5.74, 6) is 2.20. The third-order valence-corrected chi connectivity index (χ3v) is 6.86. The molecule has 1 aromatic carbocycles. The summed E-state index contributed by atoms with van der Waals surface area (Å²) in [7, 11) is 0. The van der Waals surface area contributed by atoms with Gasteiger partial charge in [-0.3, -0.25) is 0 Å². The second kappa shape index (κ2) is 10.1. The molecule has 2 aliphatic carbocycles. The number of hydrogen-bond donors (Lipinski definition) is 0. The first-order valence-corrected chi connectivity index (χ1v) is 11.2. The van der Waals surface area contributed by atoms with E-state index in [0.717, 1.165) is 18.4 Å². The smallest absolute Gasteiger partial charge is 0.378 e. The second-order valence-corrected chi connectivity index (χ2v) is 8.91. The molecule has 0 unspecified atom stereocenters. The Bertz CT molecular complexity index is 565. The van der Waals surface area contributed by atoms with Crippen LogP contribution in [0, 0.1) is 11.8 Å². The number of unbranched alkanes of at least 4 members (excludes halogenated alkanes) is 1. The van der Waals surface area contributed by atoms with Gasteiger partial charge in [-0.05, 0) is 86.7 Å². The Balaban J connectivity index is 1.41. The molecule has 2 saturated carbocycles. The van der Waals surface area contributed by atoms with Crippen molar-refractivity contribution in [3.63, 3.8) is 0 Å². The van der Waals surface area contributed by atoms with Gasteiger partial charge in [0.15, 0.2) is 0 Å². The van der Waals surface area contributed by atoms with E-state index in [1.54, 1.807) is 12.1 Å². The van der Waals surface area contributed by atoms with Crippen molar-refractivity contribution >= 4 is 0 Å². The van der Waals surface area contributed by atoms with Gasteiger partial charge in [0, 0.05) is 6.61 Å². The van der Waals surface area contributed by atoms with Crippen LogP contribution in [-0.2, 0) is 11.2 Å².